The zero-order chi connectivity index (χ0) is 12.6. The lowest BCUT2D eigenvalue weighted by Gasteiger charge is -2.20. The molecular weight excluding hydrogens is 201 g/mol. The molecule has 1 rings (SSSR count). The summed E-state index contributed by atoms with van der Waals surface area (Å²) in [5.41, 5.74) is 1.19. The maximum Gasteiger partial charge on any atom is 0.123 e. The Hall–Kier alpha value is -0.890. The molecule has 0 heterocycles. The van der Waals surface area contributed by atoms with E-state index in [-0.39, 0.29) is 5.82 Å². The Morgan fingerprint density at radius 1 is 1.12 bits per heavy atom. The third-order valence-corrected chi connectivity index (χ3v) is 2.55. The fraction of sp³-hybridized carbons (Fsp3) is 0.571. The highest BCUT2D eigenvalue weighted by Crippen LogP contribution is 2.05. The highest BCUT2D eigenvalue weighted by Gasteiger charge is 2.02. The maximum absolute atomic E-state index is 12.6. The topological polar surface area (TPSA) is 3.24 Å². The summed E-state index contributed by atoms with van der Waals surface area (Å²) in [5.74, 6) is -0.161. The molecule has 0 bridgehead atoms. The first-order chi connectivity index (χ1) is 7.59. The summed E-state index contributed by atoms with van der Waals surface area (Å²) in [4.78, 5) is 2.28. The van der Waals surface area contributed by atoms with Crippen LogP contribution in [0.4, 0.5) is 4.39 Å². The largest absolute Gasteiger partial charge is 0.304 e. The monoisotopic (exact) mass is 225 g/mol. The number of rotatable bonds is 4. The zero-order valence-electron chi connectivity index (χ0n) is 11.1. The van der Waals surface area contributed by atoms with Gasteiger partial charge in [-0.1, -0.05) is 26.0 Å². The summed E-state index contributed by atoms with van der Waals surface area (Å²) in [5, 5.41) is 0. The molecule has 0 atom stereocenters. The Kier molecular flexibility index (Phi) is 7.82. The number of nitrogens with zero attached hydrogens (tertiary/aromatic N) is 1. The number of likely N-dealkylation sites (N-methyl/N-ethyl adjacent to an activating group) is 1. The smallest absolute Gasteiger partial charge is 0.123 e. The second-order valence-corrected chi connectivity index (χ2v) is 3.95. The van der Waals surface area contributed by atoms with Gasteiger partial charge in [-0.15, -0.1) is 0 Å². The van der Waals surface area contributed by atoms with Crippen molar-refractivity contribution >= 4 is 0 Å². The summed E-state index contributed by atoms with van der Waals surface area (Å²) < 4.78 is 12.6. The van der Waals surface area contributed by atoms with Gasteiger partial charge in [-0.2, -0.15) is 0 Å². The fourth-order valence-corrected chi connectivity index (χ4v) is 1.21. The van der Waals surface area contributed by atoms with Gasteiger partial charge in [-0.25, -0.2) is 4.39 Å². The van der Waals surface area contributed by atoms with E-state index in [2.05, 4.69) is 25.8 Å². The summed E-state index contributed by atoms with van der Waals surface area (Å²) in [6, 6.07) is 7.30. The molecule has 1 aromatic carbocycles. The van der Waals surface area contributed by atoms with Crippen molar-refractivity contribution in [2.75, 3.05) is 13.6 Å². The second-order valence-electron chi connectivity index (χ2n) is 3.95. The van der Waals surface area contributed by atoms with Gasteiger partial charge in [0.2, 0.25) is 0 Å². The van der Waals surface area contributed by atoms with E-state index in [1.165, 1.54) is 17.7 Å². The van der Waals surface area contributed by atoms with Gasteiger partial charge in [0, 0.05) is 12.6 Å². The lowest BCUT2D eigenvalue weighted by Crippen LogP contribution is -2.28. The molecule has 92 valence electrons. The van der Waals surface area contributed by atoms with Crippen LogP contribution in [0.15, 0.2) is 24.3 Å². The molecule has 0 N–H and O–H groups in total. The summed E-state index contributed by atoms with van der Waals surface area (Å²) in [7, 11) is 2.11. The molecular formula is C14H24FN. The molecule has 0 saturated heterocycles. The minimum absolute atomic E-state index is 0.161. The van der Waals surface area contributed by atoms with Crippen molar-refractivity contribution in [2.24, 2.45) is 0 Å². The molecule has 0 saturated carbocycles. The highest BCUT2D eigenvalue weighted by atomic mass is 19.1. The molecule has 0 aliphatic rings. The second kappa shape index (κ2) is 8.28. The molecule has 0 aliphatic carbocycles. The van der Waals surface area contributed by atoms with Gasteiger partial charge >= 0.3 is 0 Å². The lowest BCUT2D eigenvalue weighted by molar-refractivity contribution is 0.277. The SMILES string of the molecule is CC.CC(C)N(C)CCc1ccc(F)cc1. The van der Waals surface area contributed by atoms with Crippen LogP contribution in [-0.4, -0.2) is 24.5 Å². The van der Waals surface area contributed by atoms with Crippen molar-refractivity contribution in [3.05, 3.63) is 35.6 Å². The molecule has 1 nitrogen and oxygen atoms in total. The molecule has 0 aromatic heterocycles. The number of hydrogen-bond donors (Lipinski definition) is 0. The van der Waals surface area contributed by atoms with E-state index >= 15 is 0 Å². The van der Waals surface area contributed by atoms with Gasteiger partial charge in [-0.3, -0.25) is 0 Å². The van der Waals surface area contributed by atoms with E-state index in [0.717, 1.165) is 13.0 Å². The van der Waals surface area contributed by atoms with Gasteiger partial charge < -0.3 is 4.90 Å². The maximum atomic E-state index is 12.6. The number of benzene rings is 1. The molecule has 0 radical (unpaired) electrons. The number of halogens is 1. The normalized spacial score (nSPS) is 10.2. The van der Waals surface area contributed by atoms with Crippen molar-refractivity contribution in [1.82, 2.24) is 4.90 Å². The molecule has 0 spiro atoms. The van der Waals surface area contributed by atoms with E-state index in [4.69, 9.17) is 0 Å². The zero-order valence-corrected chi connectivity index (χ0v) is 11.1. The van der Waals surface area contributed by atoms with Crippen LogP contribution in [0.2, 0.25) is 0 Å². The van der Waals surface area contributed by atoms with Crippen LogP contribution in [0.25, 0.3) is 0 Å². The van der Waals surface area contributed by atoms with Gasteiger partial charge in [-0.05, 0) is 45.0 Å². The molecule has 0 unspecified atom stereocenters. The van der Waals surface area contributed by atoms with Crippen LogP contribution < -0.4 is 0 Å². The van der Waals surface area contributed by atoms with E-state index in [0.29, 0.717) is 6.04 Å². The van der Waals surface area contributed by atoms with Crippen molar-refractivity contribution in [3.8, 4) is 0 Å². The van der Waals surface area contributed by atoms with Crippen molar-refractivity contribution in [3.63, 3.8) is 0 Å². The first kappa shape index (κ1) is 15.1. The third kappa shape index (κ3) is 5.86. The Balaban J connectivity index is 0.00000106. The minimum atomic E-state index is -0.161. The Labute approximate surface area is 99.3 Å². The first-order valence-electron chi connectivity index (χ1n) is 6.04. The Morgan fingerprint density at radius 3 is 2.06 bits per heavy atom. The van der Waals surface area contributed by atoms with Gasteiger partial charge in [0.05, 0.1) is 0 Å². The first-order valence-corrected chi connectivity index (χ1v) is 6.04. The van der Waals surface area contributed by atoms with Crippen LogP contribution in [0.3, 0.4) is 0 Å². The molecule has 0 fully saturated rings. The van der Waals surface area contributed by atoms with E-state index in [1.54, 1.807) is 0 Å². The molecule has 0 aliphatic heterocycles. The molecule has 1 aromatic rings. The van der Waals surface area contributed by atoms with Crippen LogP contribution >= 0.6 is 0 Å². The average molecular weight is 225 g/mol. The Morgan fingerprint density at radius 2 is 1.62 bits per heavy atom. The van der Waals surface area contributed by atoms with Gasteiger partial charge in [0.1, 0.15) is 5.82 Å². The molecule has 0 amide bonds. The molecule has 2 heteroatoms. The van der Waals surface area contributed by atoms with Crippen LogP contribution in [0, 0.1) is 5.82 Å². The predicted molar refractivity (Wildman–Crippen MR) is 69.2 cm³/mol. The van der Waals surface area contributed by atoms with Crippen LogP contribution in [-0.2, 0) is 6.42 Å². The summed E-state index contributed by atoms with van der Waals surface area (Å²) in [6.45, 7) is 9.36. The molecule has 16 heavy (non-hydrogen) atoms. The van der Waals surface area contributed by atoms with Crippen LogP contribution in [0.5, 0.6) is 0 Å². The van der Waals surface area contributed by atoms with Crippen LogP contribution in [0.1, 0.15) is 33.3 Å². The summed E-state index contributed by atoms with van der Waals surface area (Å²) >= 11 is 0. The van der Waals surface area contributed by atoms with E-state index in [9.17, 15) is 4.39 Å². The fourth-order valence-electron chi connectivity index (χ4n) is 1.21. The Bertz CT molecular complexity index is 267. The number of hydrogen-bond acceptors (Lipinski definition) is 1. The highest BCUT2D eigenvalue weighted by molar-refractivity contribution is 5.16. The van der Waals surface area contributed by atoms with Crippen molar-refractivity contribution in [2.45, 2.75) is 40.2 Å². The quantitative estimate of drug-likeness (QED) is 0.754. The van der Waals surface area contributed by atoms with E-state index in [1.807, 2.05) is 26.0 Å². The van der Waals surface area contributed by atoms with Crippen molar-refractivity contribution in [1.29, 1.82) is 0 Å². The minimum Gasteiger partial charge on any atom is -0.304 e. The van der Waals surface area contributed by atoms with E-state index < -0.39 is 0 Å². The predicted octanol–water partition coefficient (Wildman–Crippen LogP) is 3.73. The van der Waals surface area contributed by atoms with Crippen molar-refractivity contribution < 1.29 is 4.39 Å². The lowest BCUT2D eigenvalue weighted by atomic mass is 10.1. The van der Waals surface area contributed by atoms with Gasteiger partial charge in [0.25, 0.3) is 0 Å². The third-order valence-electron chi connectivity index (χ3n) is 2.55. The van der Waals surface area contributed by atoms with Gasteiger partial charge in [0.15, 0.2) is 0 Å². The standard InChI is InChI=1S/C12H18FN.C2H6/c1-10(2)14(3)9-8-11-4-6-12(13)7-5-11;1-2/h4-7,10H,8-9H2,1-3H3;1-2H3. The summed E-state index contributed by atoms with van der Waals surface area (Å²) in [6.07, 6.45) is 0.981. The average Bonchev–Trinajstić information content (AvgIpc) is 2.30.